The minimum atomic E-state index is -0.843. The Kier molecular flexibility index (Phi) is 59.5. The molecule has 0 aliphatic carbocycles. The first-order chi connectivity index (χ1) is 35.0. The lowest BCUT2D eigenvalue weighted by Gasteiger charge is -2.20. The van der Waals surface area contributed by atoms with E-state index in [1.165, 1.54) is 283 Å². The summed E-state index contributed by atoms with van der Waals surface area (Å²) in [6, 6.07) is -0.626. The average molecular weight is 1000 g/mol. The Bertz CT molecular complexity index is 1110. The Balaban J connectivity index is 3.39. The first-order valence-corrected chi connectivity index (χ1v) is 32.1. The highest BCUT2D eigenvalue weighted by Gasteiger charge is 2.18. The summed E-state index contributed by atoms with van der Waals surface area (Å²) in [6.45, 7) is 4.90. The number of carbonyl (C=O) groups excluding carboxylic acids is 2. The van der Waals surface area contributed by atoms with Crippen molar-refractivity contribution in [3.63, 3.8) is 0 Å². The first kappa shape index (κ1) is 69.3. The highest BCUT2D eigenvalue weighted by atomic mass is 16.5. The van der Waals surface area contributed by atoms with Crippen LogP contribution in [0, 0.1) is 0 Å². The second-order valence-electron chi connectivity index (χ2n) is 22.1. The van der Waals surface area contributed by atoms with Crippen molar-refractivity contribution < 1.29 is 24.5 Å². The molecule has 2 atom stereocenters. The fraction of sp³-hybridized carbons (Fsp3) is 0.908. The number of esters is 1. The molecule has 0 aromatic rings. The minimum Gasteiger partial charge on any atom is -0.466 e. The highest BCUT2D eigenvalue weighted by molar-refractivity contribution is 5.76. The van der Waals surface area contributed by atoms with Crippen molar-refractivity contribution in [1.29, 1.82) is 0 Å². The van der Waals surface area contributed by atoms with Crippen LogP contribution in [0.2, 0.25) is 0 Å². The molecule has 3 N–H and O–H groups in total. The molecule has 0 heterocycles. The van der Waals surface area contributed by atoms with Gasteiger partial charge in [-0.2, -0.15) is 0 Å². The maximum absolute atomic E-state index is 12.5. The van der Waals surface area contributed by atoms with E-state index in [2.05, 4.69) is 31.3 Å². The van der Waals surface area contributed by atoms with Crippen molar-refractivity contribution in [2.24, 2.45) is 0 Å². The zero-order valence-corrected chi connectivity index (χ0v) is 48.0. The van der Waals surface area contributed by atoms with Crippen molar-refractivity contribution >= 4 is 11.9 Å². The van der Waals surface area contributed by atoms with E-state index in [0.29, 0.717) is 19.4 Å². The maximum atomic E-state index is 12.5. The van der Waals surface area contributed by atoms with Gasteiger partial charge >= 0.3 is 5.97 Å². The summed E-state index contributed by atoms with van der Waals surface area (Å²) in [7, 11) is 0. The zero-order valence-electron chi connectivity index (χ0n) is 48.0. The molecule has 0 spiro atoms. The molecule has 6 nitrogen and oxygen atoms in total. The van der Waals surface area contributed by atoms with E-state index in [1.54, 1.807) is 6.08 Å². The largest absolute Gasteiger partial charge is 0.466 e. The number of carbonyl (C=O) groups is 2. The van der Waals surface area contributed by atoms with Crippen LogP contribution in [0.15, 0.2) is 24.3 Å². The van der Waals surface area contributed by atoms with Crippen LogP contribution in [-0.4, -0.2) is 47.4 Å². The third-order valence-corrected chi connectivity index (χ3v) is 15.0. The van der Waals surface area contributed by atoms with E-state index >= 15 is 0 Å². The van der Waals surface area contributed by atoms with Crippen molar-refractivity contribution in [1.82, 2.24) is 5.32 Å². The van der Waals surface area contributed by atoms with Crippen molar-refractivity contribution in [2.45, 2.75) is 366 Å². The summed E-state index contributed by atoms with van der Waals surface area (Å²) in [6.07, 6.45) is 75.1. The standard InChI is InChI=1S/C65H125NO5/c1-3-5-7-9-11-13-15-17-18-28-31-34-37-41-45-49-53-57-63(68)62(61-67)66-64(69)58-54-50-46-42-38-35-32-29-26-24-22-20-19-21-23-25-27-30-33-36-40-44-48-52-56-60-71-65(70)59-55-51-47-43-39-16-14-12-10-8-6-4-2/h12,14,53,57,62-63,67-68H,3-11,13,15-52,54-56,58-61H2,1-2H3,(H,66,69)/b14-12-,57-53+. The van der Waals surface area contributed by atoms with Gasteiger partial charge in [0, 0.05) is 12.8 Å². The molecule has 0 fully saturated rings. The van der Waals surface area contributed by atoms with Crippen molar-refractivity contribution in [3.05, 3.63) is 24.3 Å². The van der Waals surface area contributed by atoms with E-state index in [9.17, 15) is 19.8 Å². The van der Waals surface area contributed by atoms with Crippen LogP contribution in [-0.2, 0) is 14.3 Å². The van der Waals surface area contributed by atoms with E-state index in [-0.39, 0.29) is 18.5 Å². The van der Waals surface area contributed by atoms with Crippen LogP contribution in [0.4, 0.5) is 0 Å². The third kappa shape index (κ3) is 57.5. The first-order valence-electron chi connectivity index (χ1n) is 32.1. The molecule has 71 heavy (non-hydrogen) atoms. The number of nitrogens with one attached hydrogen (secondary N) is 1. The fourth-order valence-electron chi connectivity index (χ4n) is 10.0. The Morgan fingerprint density at radius 3 is 1.03 bits per heavy atom. The molecule has 0 aliphatic rings. The molecule has 2 unspecified atom stereocenters. The van der Waals surface area contributed by atoms with Gasteiger partial charge in [0.2, 0.25) is 5.91 Å². The number of hydrogen-bond acceptors (Lipinski definition) is 5. The number of aliphatic hydroxyl groups excluding tert-OH is 2. The molecule has 0 saturated carbocycles. The van der Waals surface area contributed by atoms with Gasteiger partial charge < -0.3 is 20.3 Å². The molecule has 6 heteroatoms. The lowest BCUT2D eigenvalue weighted by molar-refractivity contribution is -0.143. The number of rotatable bonds is 60. The van der Waals surface area contributed by atoms with E-state index in [0.717, 1.165) is 44.9 Å². The van der Waals surface area contributed by atoms with Gasteiger partial charge in [-0.05, 0) is 57.8 Å². The molecule has 0 radical (unpaired) electrons. The predicted molar refractivity (Wildman–Crippen MR) is 310 cm³/mol. The minimum absolute atomic E-state index is 0.00616. The number of aliphatic hydroxyl groups is 2. The predicted octanol–water partition coefficient (Wildman–Crippen LogP) is 20.2. The summed E-state index contributed by atoms with van der Waals surface area (Å²) in [5.74, 6) is -0.0576. The van der Waals surface area contributed by atoms with Crippen molar-refractivity contribution in [2.75, 3.05) is 13.2 Å². The summed E-state index contributed by atoms with van der Waals surface area (Å²) in [4.78, 5) is 24.5. The zero-order chi connectivity index (χ0) is 51.4. The van der Waals surface area contributed by atoms with Gasteiger partial charge in [-0.1, -0.05) is 308 Å². The number of amides is 1. The van der Waals surface area contributed by atoms with Crippen LogP contribution >= 0.6 is 0 Å². The van der Waals surface area contributed by atoms with Crippen LogP contribution in [0.3, 0.4) is 0 Å². The lowest BCUT2D eigenvalue weighted by atomic mass is 10.0. The van der Waals surface area contributed by atoms with E-state index in [1.807, 2.05) is 6.08 Å². The molecule has 0 aliphatic heterocycles. The third-order valence-electron chi connectivity index (χ3n) is 15.0. The Labute approximate surface area is 443 Å². The number of unbranched alkanes of at least 4 members (excludes halogenated alkanes) is 47. The van der Waals surface area contributed by atoms with E-state index < -0.39 is 12.1 Å². The summed E-state index contributed by atoms with van der Waals surface area (Å²) >= 11 is 0. The average Bonchev–Trinajstić information content (AvgIpc) is 3.37. The molecule has 0 aromatic heterocycles. The molecule has 420 valence electrons. The molecular formula is C65H125NO5. The van der Waals surface area contributed by atoms with E-state index in [4.69, 9.17) is 4.74 Å². The van der Waals surface area contributed by atoms with Crippen molar-refractivity contribution in [3.8, 4) is 0 Å². The van der Waals surface area contributed by atoms with Gasteiger partial charge in [0.1, 0.15) is 0 Å². The summed E-state index contributed by atoms with van der Waals surface area (Å²) < 4.78 is 5.47. The molecule has 0 saturated heterocycles. The lowest BCUT2D eigenvalue weighted by Crippen LogP contribution is -2.45. The molecular weight excluding hydrogens is 875 g/mol. The SMILES string of the molecule is CCCCC/C=C\CCCCCCCC(=O)OCCCCCCCCCCCCCCCCCCCCCCCCCCCC(=O)NC(CO)C(O)/C=C/CCCCCCCCCCCCCCCCC. The van der Waals surface area contributed by atoms with Crippen LogP contribution in [0.5, 0.6) is 0 Å². The van der Waals surface area contributed by atoms with Gasteiger partial charge in [-0.3, -0.25) is 9.59 Å². The number of hydrogen-bond donors (Lipinski definition) is 3. The summed E-state index contributed by atoms with van der Waals surface area (Å²) in [5, 5.41) is 23.2. The topological polar surface area (TPSA) is 95.9 Å². The monoisotopic (exact) mass is 1000 g/mol. The normalized spacial score (nSPS) is 12.7. The van der Waals surface area contributed by atoms with Gasteiger partial charge in [0.25, 0.3) is 0 Å². The van der Waals surface area contributed by atoms with Gasteiger partial charge in [-0.15, -0.1) is 0 Å². The van der Waals surface area contributed by atoms with Gasteiger partial charge in [0.15, 0.2) is 0 Å². The molecule has 0 aromatic carbocycles. The quantitative estimate of drug-likeness (QED) is 0.0320. The maximum Gasteiger partial charge on any atom is 0.305 e. The Morgan fingerprint density at radius 1 is 0.380 bits per heavy atom. The Hall–Kier alpha value is -1.66. The highest BCUT2D eigenvalue weighted by Crippen LogP contribution is 2.18. The van der Waals surface area contributed by atoms with Crippen LogP contribution in [0.1, 0.15) is 354 Å². The number of allylic oxidation sites excluding steroid dienone is 3. The molecule has 0 bridgehead atoms. The number of ether oxygens (including phenoxy) is 1. The second kappa shape index (κ2) is 60.9. The Morgan fingerprint density at radius 2 is 0.662 bits per heavy atom. The smallest absolute Gasteiger partial charge is 0.305 e. The van der Waals surface area contributed by atoms with Gasteiger partial charge in [-0.25, -0.2) is 0 Å². The summed E-state index contributed by atoms with van der Waals surface area (Å²) in [5.41, 5.74) is 0. The second-order valence-corrected chi connectivity index (χ2v) is 22.1. The van der Waals surface area contributed by atoms with Gasteiger partial charge in [0.05, 0.1) is 25.4 Å². The van der Waals surface area contributed by atoms with Crippen LogP contribution in [0.25, 0.3) is 0 Å². The fourth-order valence-corrected chi connectivity index (χ4v) is 10.0. The van der Waals surface area contributed by atoms with Crippen LogP contribution < -0.4 is 5.32 Å². The molecule has 1 amide bonds. The molecule has 0 rings (SSSR count).